The smallest absolute Gasteiger partial charge is 0.262 e. The fraction of sp³-hybridized carbons (Fsp3) is 0.526. The third kappa shape index (κ3) is 3.64. The van der Waals surface area contributed by atoms with Gasteiger partial charge in [-0.3, -0.25) is 24.6 Å². The first kappa shape index (κ1) is 18.9. The highest BCUT2D eigenvalue weighted by atomic mass is 19.3. The molecule has 3 amide bonds. The first-order chi connectivity index (χ1) is 13.2. The molecule has 0 bridgehead atoms. The van der Waals surface area contributed by atoms with Crippen LogP contribution in [0.5, 0.6) is 0 Å². The lowest BCUT2D eigenvalue weighted by molar-refractivity contribution is -0.136. The van der Waals surface area contributed by atoms with Gasteiger partial charge in [-0.15, -0.1) is 0 Å². The van der Waals surface area contributed by atoms with Gasteiger partial charge in [0.05, 0.1) is 6.54 Å². The number of imide groups is 1. The number of piperidine rings is 2. The second-order valence-electron chi connectivity index (χ2n) is 7.88. The molecule has 3 heterocycles. The van der Waals surface area contributed by atoms with Crippen molar-refractivity contribution in [1.29, 1.82) is 0 Å². The van der Waals surface area contributed by atoms with Crippen molar-refractivity contribution in [2.24, 2.45) is 5.73 Å². The van der Waals surface area contributed by atoms with Gasteiger partial charge in [0.25, 0.3) is 11.8 Å². The fourth-order valence-electron chi connectivity index (χ4n) is 4.34. The highest BCUT2D eigenvalue weighted by Gasteiger charge is 2.40. The minimum Gasteiger partial charge on any atom is -0.326 e. The number of hydrogen-bond acceptors (Lipinski definition) is 5. The van der Waals surface area contributed by atoms with Crippen LogP contribution in [-0.2, 0) is 22.7 Å². The molecule has 0 aliphatic carbocycles. The second-order valence-corrected chi connectivity index (χ2v) is 7.88. The SMILES string of the molecule is N[C@H]1CN(Cc2ccc3c(c2)CN(C2CCC(=O)NC2=O)C3=O)CC(F)(F)C1. The van der Waals surface area contributed by atoms with Crippen LogP contribution in [0.1, 0.15) is 40.7 Å². The zero-order valence-electron chi connectivity index (χ0n) is 15.3. The molecule has 2 fully saturated rings. The number of rotatable bonds is 3. The van der Waals surface area contributed by atoms with Crippen molar-refractivity contribution in [3.05, 3.63) is 34.9 Å². The van der Waals surface area contributed by atoms with Crippen molar-refractivity contribution in [2.75, 3.05) is 13.1 Å². The molecule has 0 spiro atoms. The number of nitrogens with zero attached hydrogens (tertiary/aromatic N) is 2. The summed E-state index contributed by atoms with van der Waals surface area (Å²) >= 11 is 0. The van der Waals surface area contributed by atoms with E-state index < -0.39 is 23.9 Å². The number of likely N-dealkylation sites (tertiary alicyclic amines) is 1. The van der Waals surface area contributed by atoms with Gasteiger partial charge in [0.2, 0.25) is 11.8 Å². The van der Waals surface area contributed by atoms with Gasteiger partial charge in [-0.25, -0.2) is 8.78 Å². The van der Waals surface area contributed by atoms with Crippen LogP contribution in [0.4, 0.5) is 8.78 Å². The van der Waals surface area contributed by atoms with Gasteiger partial charge >= 0.3 is 0 Å². The van der Waals surface area contributed by atoms with Crippen LogP contribution in [0.25, 0.3) is 0 Å². The van der Waals surface area contributed by atoms with E-state index in [1.165, 1.54) is 4.90 Å². The Balaban J connectivity index is 1.48. The van der Waals surface area contributed by atoms with Crippen molar-refractivity contribution in [2.45, 2.75) is 50.4 Å². The quantitative estimate of drug-likeness (QED) is 0.735. The van der Waals surface area contributed by atoms with Crippen molar-refractivity contribution >= 4 is 17.7 Å². The Labute approximate surface area is 160 Å². The molecule has 4 rings (SSSR count). The number of nitrogens with one attached hydrogen (secondary N) is 1. The predicted octanol–water partition coefficient (Wildman–Crippen LogP) is 0.616. The number of nitrogens with two attached hydrogens (primary N) is 1. The molecule has 1 unspecified atom stereocenters. The minimum absolute atomic E-state index is 0.200. The van der Waals surface area contributed by atoms with E-state index in [2.05, 4.69) is 5.32 Å². The van der Waals surface area contributed by atoms with Gasteiger partial charge in [0.15, 0.2) is 0 Å². The maximum atomic E-state index is 13.8. The van der Waals surface area contributed by atoms with Crippen LogP contribution in [0, 0.1) is 0 Å². The molecule has 0 radical (unpaired) electrons. The van der Waals surface area contributed by atoms with E-state index in [1.54, 1.807) is 17.0 Å². The van der Waals surface area contributed by atoms with Crippen molar-refractivity contribution in [3.8, 4) is 0 Å². The van der Waals surface area contributed by atoms with Gasteiger partial charge < -0.3 is 10.6 Å². The summed E-state index contributed by atoms with van der Waals surface area (Å²) in [7, 11) is 0. The summed E-state index contributed by atoms with van der Waals surface area (Å²) in [6, 6.07) is 4.03. The Morgan fingerprint density at radius 3 is 2.75 bits per heavy atom. The normalized spacial score (nSPS) is 27.7. The van der Waals surface area contributed by atoms with Gasteiger partial charge in [-0.05, 0) is 23.6 Å². The second kappa shape index (κ2) is 6.89. The monoisotopic (exact) mass is 392 g/mol. The summed E-state index contributed by atoms with van der Waals surface area (Å²) in [6.07, 6.45) is 0.201. The zero-order valence-corrected chi connectivity index (χ0v) is 15.3. The maximum Gasteiger partial charge on any atom is 0.262 e. The van der Waals surface area contributed by atoms with E-state index in [1.807, 2.05) is 6.07 Å². The summed E-state index contributed by atoms with van der Waals surface area (Å²) in [4.78, 5) is 39.2. The van der Waals surface area contributed by atoms with Crippen LogP contribution in [0.15, 0.2) is 18.2 Å². The van der Waals surface area contributed by atoms with E-state index in [0.29, 0.717) is 25.1 Å². The highest BCUT2D eigenvalue weighted by Crippen LogP contribution is 2.30. The third-order valence-electron chi connectivity index (χ3n) is 5.50. The molecule has 1 aromatic rings. The lowest BCUT2D eigenvalue weighted by Gasteiger charge is -2.36. The average molecular weight is 392 g/mol. The van der Waals surface area contributed by atoms with E-state index in [-0.39, 0.29) is 37.7 Å². The molecule has 3 aliphatic rings. The van der Waals surface area contributed by atoms with E-state index in [0.717, 1.165) is 11.1 Å². The average Bonchev–Trinajstić information content (AvgIpc) is 2.89. The Kier molecular flexibility index (Phi) is 4.67. The Bertz CT molecular complexity index is 844. The molecular weight excluding hydrogens is 370 g/mol. The standard InChI is InChI=1S/C19H22F2N4O3/c20-19(21)6-13(22)9-24(10-19)7-11-1-2-14-12(5-11)8-25(18(14)28)15-3-4-16(26)23-17(15)27/h1-2,5,13,15H,3-4,6-10,22H2,(H,23,26,27)/t13-,15?/m1/s1. The first-order valence-electron chi connectivity index (χ1n) is 9.34. The number of amides is 3. The Morgan fingerprint density at radius 2 is 2.04 bits per heavy atom. The summed E-state index contributed by atoms with van der Waals surface area (Å²) in [5, 5.41) is 2.27. The number of carbonyl (C=O) groups is 3. The van der Waals surface area contributed by atoms with Crippen LogP contribution >= 0.6 is 0 Å². The van der Waals surface area contributed by atoms with E-state index >= 15 is 0 Å². The number of carbonyl (C=O) groups excluding carboxylic acids is 3. The molecule has 7 nitrogen and oxygen atoms in total. The third-order valence-corrected chi connectivity index (χ3v) is 5.50. The van der Waals surface area contributed by atoms with E-state index in [4.69, 9.17) is 5.73 Å². The van der Waals surface area contributed by atoms with E-state index in [9.17, 15) is 23.2 Å². The van der Waals surface area contributed by atoms with Crippen molar-refractivity contribution in [3.63, 3.8) is 0 Å². The fourth-order valence-corrected chi connectivity index (χ4v) is 4.34. The van der Waals surface area contributed by atoms with Crippen molar-refractivity contribution < 1.29 is 23.2 Å². The number of fused-ring (bicyclic) bond motifs is 1. The Hall–Kier alpha value is -2.39. The number of alkyl halides is 2. The molecule has 9 heteroatoms. The molecule has 150 valence electrons. The van der Waals surface area contributed by atoms with Crippen LogP contribution in [0.2, 0.25) is 0 Å². The molecule has 2 atom stereocenters. The summed E-state index contributed by atoms with van der Waals surface area (Å²) in [5.74, 6) is -3.83. The molecule has 0 aromatic heterocycles. The molecular formula is C19H22F2N4O3. The molecule has 3 N–H and O–H groups in total. The minimum atomic E-state index is -2.80. The Morgan fingerprint density at radius 1 is 1.25 bits per heavy atom. The highest BCUT2D eigenvalue weighted by molar-refractivity contribution is 6.05. The summed E-state index contributed by atoms with van der Waals surface area (Å²) < 4.78 is 27.5. The first-order valence-corrected chi connectivity index (χ1v) is 9.34. The largest absolute Gasteiger partial charge is 0.326 e. The van der Waals surface area contributed by atoms with Crippen LogP contribution in [0.3, 0.4) is 0 Å². The van der Waals surface area contributed by atoms with Gasteiger partial charge in [0.1, 0.15) is 6.04 Å². The van der Waals surface area contributed by atoms with Crippen molar-refractivity contribution in [1.82, 2.24) is 15.1 Å². The summed E-state index contributed by atoms with van der Waals surface area (Å²) in [6.45, 7) is 0.653. The number of halogens is 2. The molecule has 1 aromatic carbocycles. The predicted molar refractivity (Wildman–Crippen MR) is 95.3 cm³/mol. The lowest BCUT2D eigenvalue weighted by atomic mass is 10.0. The summed E-state index contributed by atoms with van der Waals surface area (Å²) in [5.41, 5.74) is 7.85. The number of hydrogen-bond donors (Lipinski definition) is 2. The zero-order chi connectivity index (χ0) is 20.1. The van der Waals surface area contributed by atoms with Crippen LogP contribution in [-0.4, -0.2) is 58.6 Å². The number of benzene rings is 1. The van der Waals surface area contributed by atoms with Gasteiger partial charge in [-0.1, -0.05) is 12.1 Å². The molecule has 28 heavy (non-hydrogen) atoms. The van der Waals surface area contributed by atoms with Gasteiger partial charge in [-0.2, -0.15) is 0 Å². The molecule has 3 aliphatic heterocycles. The molecule has 0 saturated carbocycles. The van der Waals surface area contributed by atoms with Gasteiger partial charge in [0, 0.05) is 44.1 Å². The topological polar surface area (TPSA) is 95.7 Å². The molecule has 2 saturated heterocycles. The lowest BCUT2D eigenvalue weighted by Crippen LogP contribution is -2.52. The maximum absolute atomic E-state index is 13.8. The van der Waals surface area contributed by atoms with Crippen LogP contribution < -0.4 is 11.1 Å².